The number of anilines is 2. The maximum absolute atomic E-state index is 13.2. The molecular formula is C27H25ClN4O3. The van der Waals surface area contributed by atoms with E-state index in [4.69, 9.17) is 11.6 Å². The third-order valence-corrected chi connectivity index (χ3v) is 5.93. The van der Waals surface area contributed by atoms with Crippen LogP contribution in [0.5, 0.6) is 0 Å². The summed E-state index contributed by atoms with van der Waals surface area (Å²) >= 11 is 6.14. The monoisotopic (exact) mass is 488 g/mol. The zero-order chi connectivity index (χ0) is 25.1. The van der Waals surface area contributed by atoms with Crippen molar-refractivity contribution < 1.29 is 14.4 Å². The Morgan fingerprint density at radius 3 is 2.37 bits per heavy atom. The molecule has 1 aromatic heterocycles. The van der Waals surface area contributed by atoms with Gasteiger partial charge in [0.15, 0.2) is 0 Å². The van der Waals surface area contributed by atoms with Gasteiger partial charge in [-0.05, 0) is 67.8 Å². The lowest BCUT2D eigenvalue weighted by Gasteiger charge is -2.14. The topological polar surface area (TPSA) is 92.2 Å². The Bertz CT molecular complexity index is 1460. The second-order valence-electron chi connectivity index (χ2n) is 8.25. The molecule has 3 N–H and O–H groups in total. The number of nitrogens with zero attached hydrogens (tertiary/aromatic N) is 1. The zero-order valence-corrected chi connectivity index (χ0v) is 20.4. The highest BCUT2D eigenvalue weighted by atomic mass is 35.5. The van der Waals surface area contributed by atoms with Gasteiger partial charge >= 0.3 is 11.8 Å². The van der Waals surface area contributed by atoms with E-state index in [9.17, 15) is 14.4 Å². The molecule has 0 atom stereocenters. The average molecular weight is 489 g/mol. The van der Waals surface area contributed by atoms with E-state index in [2.05, 4.69) is 16.1 Å². The average Bonchev–Trinajstić information content (AvgIpc) is 3.18. The number of nitrogens with one attached hydrogen (secondary N) is 3. The number of carbonyl (C=O) groups excluding carboxylic acids is 3. The lowest BCUT2D eigenvalue weighted by molar-refractivity contribution is -0.133. The number of amides is 3. The van der Waals surface area contributed by atoms with Crippen LogP contribution in [0.4, 0.5) is 11.4 Å². The van der Waals surface area contributed by atoms with Crippen LogP contribution in [-0.4, -0.2) is 22.4 Å². The van der Waals surface area contributed by atoms with Crippen LogP contribution in [-0.2, 0) is 16.0 Å². The first kappa shape index (κ1) is 24.0. The molecule has 8 heteroatoms. The van der Waals surface area contributed by atoms with Crippen LogP contribution in [0.2, 0.25) is 5.02 Å². The summed E-state index contributed by atoms with van der Waals surface area (Å²) in [6, 6.07) is 19.6. The number of rotatable bonds is 5. The van der Waals surface area contributed by atoms with Gasteiger partial charge in [0.1, 0.15) is 5.69 Å². The van der Waals surface area contributed by atoms with E-state index in [1.807, 2.05) is 51.1 Å². The fourth-order valence-electron chi connectivity index (χ4n) is 3.90. The van der Waals surface area contributed by atoms with Gasteiger partial charge in [-0.15, -0.1) is 0 Å². The molecule has 4 aromatic rings. The van der Waals surface area contributed by atoms with Crippen LogP contribution >= 0.6 is 11.6 Å². The molecule has 3 amide bonds. The number of aryl methyl sites for hydroxylation is 3. The van der Waals surface area contributed by atoms with E-state index in [1.54, 1.807) is 36.4 Å². The van der Waals surface area contributed by atoms with E-state index < -0.39 is 17.7 Å². The molecule has 35 heavy (non-hydrogen) atoms. The van der Waals surface area contributed by atoms with Gasteiger partial charge in [-0.2, -0.15) is 0 Å². The molecule has 0 aliphatic rings. The summed E-state index contributed by atoms with van der Waals surface area (Å²) in [4.78, 5) is 38.8. The van der Waals surface area contributed by atoms with Crippen LogP contribution in [0.1, 0.15) is 34.1 Å². The van der Waals surface area contributed by atoms with Gasteiger partial charge < -0.3 is 10.6 Å². The maximum Gasteiger partial charge on any atom is 0.328 e. The summed E-state index contributed by atoms with van der Waals surface area (Å²) in [6.07, 6.45) is 0.698. The third-order valence-electron chi connectivity index (χ3n) is 5.69. The normalized spacial score (nSPS) is 10.7. The minimum atomic E-state index is -0.913. The minimum Gasteiger partial charge on any atom is -0.320 e. The molecule has 0 bridgehead atoms. The fourth-order valence-corrected chi connectivity index (χ4v) is 4.08. The van der Waals surface area contributed by atoms with Crippen LogP contribution in [0.25, 0.3) is 10.9 Å². The number of hydrogen-bond acceptors (Lipinski definition) is 3. The van der Waals surface area contributed by atoms with Crippen LogP contribution < -0.4 is 16.1 Å². The van der Waals surface area contributed by atoms with Gasteiger partial charge in [0, 0.05) is 21.8 Å². The molecule has 0 fully saturated rings. The third kappa shape index (κ3) is 5.20. The number of hydrogen-bond donors (Lipinski definition) is 3. The van der Waals surface area contributed by atoms with Gasteiger partial charge in [-0.25, -0.2) is 4.68 Å². The summed E-state index contributed by atoms with van der Waals surface area (Å²) in [6.45, 7) is 5.83. The minimum absolute atomic E-state index is 0.150. The highest BCUT2D eigenvalue weighted by molar-refractivity contribution is 6.42. The van der Waals surface area contributed by atoms with Crippen molar-refractivity contribution >= 4 is 51.6 Å². The van der Waals surface area contributed by atoms with Crippen LogP contribution in [0.15, 0.2) is 66.7 Å². The predicted octanol–water partition coefficient (Wildman–Crippen LogP) is 5.44. The van der Waals surface area contributed by atoms with Gasteiger partial charge in [0.25, 0.3) is 5.91 Å². The lowest BCUT2D eigenvalue weighted by atomic mass is 10.1. The Hall–Kier alpha value is -4.10. The Morgan fingerprint density at radius 1 is 0.857 bits per heavy atom. The Balaban J connectivity index is 1.64. The van der Waals surface area contributed by atoms with E-state index >= 15 is 0 Å². The molecule has 0 aliphatic heterocycles. The predicted molar refractivity (Wildman–Crippen MR) is 140 cm³/mol. The fraction of sp³-hybridized carbons (Fsp3) is 0.148. The van der Waals surface area contributed by atoms with E-state index in [1.165, 1.54) is 4.68 Å². The second-order valence-corrected chi connectivity index (χ2v) is 8.68. The largest absolute Gasteiger partial charge is 0.328 e. The second kappa shape index (κ2) is 10.0. The van der Waals surface area contributed by atoms with Gasteiger partial charge in [-0.1, -0.05) is 54.4 Å². The van der Waals surface area contributed by atoms with Crippen molar-refractivity contribution in [2.24, 2.45) is 0 Å². The summed E-state index contributed by atoms with van der Waals surface area (Å²) in [5, 5.41) is 6.65. The molecule has 178 valence electrons. The Labute approximate surface area is 208 Å². The van der Waals surface area contributed by atoms with Gasteiger partial charge in [-0.3, -0.25) is 19.8 Å². The standard InChI is InChI=1S/C27H25ClN4O3/c1-4-18-7-5-6-8-22(18)30-26(34)27(35)31-32-23-12-10-20(28)14-19(23)15-24(32)25(33)29-21-11-9-16(2)13-17(21)3/h5-15H,4H2,1-3H3,(H,29,33)(H,30,34)(H,31,35). The first-order chi connectivity index (χ1) is 16.8. The summed E-state index contributed by atoms with van der Waals surface area (Å²) in [5.41, 5.74) is 7.33. The Kier molecular flexibility index (Phi) is 6.89. The number of para-hydroxylation sites is 1. The molecule has 0 spiro atoms. The van der Waals surface area contributed by atoms with Crippen LogP contribution in [0, 0.1) is 13.8 Å². The van der Waals surface area contributed by atoms with Crippen molar-refractivity contribution in [2.45, 2.75) is 27.2 Å². The van der Waals surface area contributed by atoms with E-state index in [0.717, 1.165) is 16.7 Å². The first-order valence-electron chi connectivity index (χ1n) is 11.2. The molecule has 0 saturated heterocycles. The maximum atomic E-state index is 13.2. The number of aromatic nitrogens is 1. The molecule has 0 saturated carbocycles. The molecule has 3 aromatic carbocycles. The SMILES string of the molecule is CCc1ccccc1NC(=O)C(=O)Nn1c(C(=O)Nc2ccc(C)cc2C)cc2cc(Cl)ccc21. The summed E-state index contributed by atoms with van der Waals surface area (Å²) in [7, 11) is 0. The Morgan fingerprint density at radius 2 is 1.63 bits per heavy atom. The van der Waals surface area contributed by atoms with Crippen molar-refractivity contribution in [3.8, 4) is 0 Å². The summed E-state index contributed by atoms with van der Waals surface area (Å²) < 4.78 is 1.30. The highest BCUT2D eigenvalue weighted by Crippen LogP contribution is 2.24. The molecule has 0 aliphatic carbocycles. The van der Waals surface area contributed by atoms with E-state index in [0.29, 0.717) is 33.7 Å². The quantitative estimate of drug-likeness (QED) is 0.327. The lowest BCUT2D eigenvalue weighted by Crippen LogP contribution is -2.36. The molecule has 1 heterocycles. The zero-order valence-electron chi connectivity index (χ0n) is 19.6. The number of fused-ring (bicyclic) bond motifs is 1. The molecule has 4 rings (SSSR count). The molecule has 0 radical (unpaired) electrons. The number of benzene rings is 3. The van der Waals surface area contributed by atoms with Crippen molar-refractivity contribution in [1.29, 1.82) is 0 Å². The van der Waals surface area contributed by atoms with E-state index in [-0.39, 0.29) is 5.69 Å². The number of carbonyl (C=O) groups is 3. The van der Waals surface area contributed by atoms with Crippen molar-refractivity contribution in [3.05, 3.63) is 94.1 Å². The van der Waals surface area contributed by atoms with Crippen molar-refractivity contribution in [2.75, 3.05) is 16.1 Å². The van der Waals surface area contributed by atoms with Crippen molar-refractivity contribution in [1.82, 2.24) is 4.68 Å². The van der Waals surface area contributed by atoms with Gasteiger partial charge in [0.05, 0.1) is 5.52 Å². The molecule has 7 nitrogen and oxygen atoms in total. The first-order valence-corrected chi connectivity index (χ1v) is 11.5. The van der Waals surface area contributed by atoms with Crippen molar-refractivity contribution in [3.63, 3.8) is 0 Å². The number of halogens is 1. The molecule has 0 unspecified atom stereocenters. The summed E-state index contributed by atoms with van der Waals surface area (Å²) in [5.74, 6) is -2.20. The smallest absolute Gasteiger partial charge is 0.320 e. The van der Waals surface area contributed by atoms with Gasteiger partial charge in [0.2, 0.25) is 0 Å². The highest BCUT2D eigenvalue weighted by Gasteiger charge is 2.22. The molecular weight excluding hydrogens is 464 g/mol. The van der Waals surface area contributed by atoms with Crippen LogP contribution in [0.3, 0.4) is 0 Å².